The fraction of sp³-hybridized carbons (Fsp3) is 0.714. The summed E-state index contributed by atoms with van der Waals surface area (Å²) in [6, 6.07) is 2.98. The molecule has 88 valence electrons. The van der Waals surface area contributed by atoms with E-state index in [-0.39, 0.29) is 0 Å². The molecule has 0 spiro atoms. The molecule has 0 amide bonds. The van der Waals surface area contributed by atoms with E-state index in [0.29, 0.717) is 6.04 Å². The fourth-order valence-electron chi connectivity index (χ4n) is 3.76. The van der Waals surface area contributed by atoms with Crippen LogP contribution in [-0.2, 0) is 0 Å². The van der Waals surface area contributed by atoms with Gasteiger partial charge in [-0.3, -0.25) is 0 Å². The molecule has 16 heavy (non-hydrogen) atoms. The Hall–Kier alpha value is -0.340. The second kappa shape index (κ2) is 4.15. The molecule has 0 radical (unpaired) electrons. The maximum atomic E-state index is 3.72. The van der Waals surface area contributed by atoms with Crippen molar-refractivity contribution in [1.82, 2.24) is 5.32 Å². The summed E-state index contributed by atoms with van der Waals surface area (Å²) in [6.07, 6.45) is 4.45. The third-order valence-corrected chi connectivity index (χ3v) is 5.38. The van der Waals surface area contributed by atoms with Crippen LogP contribution in [0.15, 0.2) is 11.4 Å². The lowest BCUT2D eigenvalue weighted by Gasteiger charge is -2.20. The number of hydrogen-bond acceptors (Lipinski definition) is 2. The maximum Gasteiger partial charge on any atom is 0.0365 e. The first-order chi connectivity index (χ1) is 7.83. The van der Waals surface area contributed by atoms with E-state index in [1.807, 2.05) is 11.3 Å². The largest absolute Gasteiger partial charge is 0.310 e. The molecule has 3 atom stereocenters. The molecule has 0 aliphatic heterocycles. The van der Waals surface area contributed by atoms with Crippen LogP contribution in [0.25, 0.3) is 0 Å². The maximum absolute atomic E-state index is 3.72. The van der Waals surface area contributed by atoms with Gasteiger partial charge in [0.25, 0.3) is 0 Å². The number of aryl methyl sites for hydroxylation is 1. The Morgan fingerprint density at radius 1 is 1.44 bits per heavy atom. The molecular weight excluding hydrogens is 214 g/mol. The van der Waals surface area contributed by atoms with E-state index in [1.165, 1.54) is 24.1 Å². The molecule has 2 heteroatoms. The van der Waals surface area contributed by atoms with Gasteiger partial charge >= 0.3 is 0 Å². The molecule has 0 saturated heterocycles. The number of rotatable bonds is 4. The summed E-state index contributed by atoms with van der Waals surface area (Å²) < 4.78 is 0. The van der Waals surface area contributed by atoms with E-state index in [1.54, 1.807) is 5.56 Å². The van der Waals surface area contributed by atoms with Crippen molar-refractivity contribution in [2.24, 2.45) is 17.8 Å². The van der Waals surface area contributed by atoms with Gasteiger partial charge in [0.2, 0.25) is 0 Å². The lowest BCUT2D eigenvalue weighted by Crippen LogP contribution is -2.24. The fourth-order valence-corrected chi connectivity index (χ4v) is 4.51. The Balaban J connectivity index is 1.80. The number of nitrogens with one attached hydrogen (secondary N) is 1. The Morgan fingerprint density at radius 3 is 2.75 bits per heavy atom. The smallest absolute Gasteiger partial charge is 0.0365 e. The zero-order valence-electron chi connectivity index (χ0n) is 10.2. The first-order valence-corrected chi connectivity index (χ1v) is 7.48. The van der Waals surface area contributed by atoms with Gasteiger partial charge < -0.3 is 5.32 Å². The van der Waals surface area contributed by atoms with Crippen LogP contribution < -0.4 is 5.32 Å². The van der Waals surface area contributed by atoms with Crippen molar-refractivity contribution in [2.45, 2.75) is 39.2 Å². The minimum absolute atomic E-state index is 0.645. The van der Waals surface area contributed by atoms with Crippen molar-refractivity contribution in [2.75, 3.05) is 6.54 Å². The average Bonchev–Trinajstić information content (AvgIpc) is 2.69. The van der Waals surface area contributed by atoms with Gasteiger partial charge in [0, 0.05) is 10.9 Å². The highest BCUT2D eigenvalue weighted by Crippen LogP contribution is 2.62. The molecule has 1 N–H and O–H groups in total. The number of fused-ring (bicyclic) bond motifs is 1. The van der Waals surface area contributed by atoms with Crippen molar-refractivity contribution in [3.8, 4) is 0 Å². The highest BCUT2D eigenvalue weighted by molar-refractivity contribution is 7.10. The Labute approximate surface area is 102 Å². The molecule has 0 bridgehead atoms. The summed E-state index contributed by atoms with van der Waals surface area (Å²) in [7, 11) is 0. The van der Waals surface area contributed by atoms with Gasteiger partial charge in [-0.2, -0.15) is 0 Å². The Morgan fingerprint density at radius 2 is 2.19 bits per heavy atom. The van der Waals surface area contributed by atoms with E-state index in [4.69, 9.17) is 0 Å². The highest BCUT2D eigenvalue weighted by atomic mass is 32.1. The molecule has 1 aromatic rings. The van der Waals surface area contributed by atoms with Gasteiger partial charge in [-0.05, 0) is 61.1 Å². The van der Waals surface area contributed by atoms with E-state index in [2.05, 4.69) is 30.6 Å². The van der Waals surface area contributed by atoms with Gasteiger partial charge in [0.15, 0.2) is 0 Å². The molecule has 2 aliphatic rings. The van der Waals surface area contributed by atoms with Gasteiger partial charge in [0.1, 0.15) is 0 Å². The molecule has 1 heterocycles. The molecule has 2 aliphatic carbocycles. The summed E-state index contributed by atoms with van der Waals surface area (Å²) in [5.74, 6) is 3.04. The predicted molar refractivity (Wildman–Crippen MR) is 69.8 cm³/mol. The third-order valence-electron chi connectivity index (χ3n) is 4.52. The molecule has 3 rings (SSSR count). The summed E-state index contributed by atoms with van der Waals surface area (Å²) >= 11 is 1.89. The summed E-state index contributed by atoms with van der Waals surface area (Å²) in [4.78, 5) is 1.51. The van der Waals surface area contributed by atoms with Crippen LogP contribution in [0, 0.1) is 24.7 Å². The van der Waals surface area contributed by atoms with E-state index >= 15 is 0 Å². The SMILES string of the molecule is CCNC(c1ccsc1C)C1C2CCCC21. The summed E-state index contributed by atoms with van der Waals surface area (Å²) in [5, 5.41) is 5.97. The minimum atomic E-state index is 0.645. The van der Waals surface area contributed by atoms with Gasteiger partial charge in [0.05, 0.1) is 0 Å². The number of hydrogen-bond donors (Lipinski definition) is 1. The first-order valence-electron chi connectivity index (χ1n) is 6.60. The van der Waals surface area contributed by atoms with Crippen LogP contribution in [-0.4, -0.2) is 6.54 Å². The molecule has 0 aromatic carbocycles. The molecule has 3 unspecified atom stereocenters. The van der Waals surface area contributed by atoms with Crippen molar-refractivity contribution >= 4 is 11.3 Å². The molecular formula is C14H21NS. The Kier molecular flexibility index (Phi) is 2.80. The first kappa shape index (κ1) is 10.8. The second-order valence-corrected chi connectivity index (χ2v) is 6.42. The Bertz CT molecular complexity index is 361. The van der Waals surface area contributed by atoms with Crippen LogP contribution in [0.2, 0.25) is 0 Å². The molecule has 1 aromatic heterocycles. The average molecular weight is 235 g/mol. The van der Waals surface area contributed by atoms with E-state index in [9.17, 15) is 0 Å². The van der Waals surface area contributed by atoms with Crippen LogP contribution >= 0.6 is 11.3 Å². The molecule has 1 nitrogen and oxygen atoms in total. The van der Waals surface area contributed by atoms with Crippen LogP contribution in [0.3, 0.4) is 0 Å². The second-order valence-electron chi connectivity index (χ2n) is 5.30. The standard InChI is InChI=1S/C14H21NS/c1-3-15-14(10-7-8-16-9(10)2)13-11-5-4-6-12(11)13/h7-8,11-15H,3-6H2,1-2H3. The normalized spacial score (nSPS) is 33.8. The van der Waals surface area contributed by atoms with Crippen molar-refractivity contribution in [3.63, 3.8) is 0 Å². The van der Waals surface area contributed by atoms with Crippen molar-refractivity contribution in [1.29, 1.82) is 0 Å². The zero-order valence-corrected chi connectivity index (χ0v) is 11.0. The van der Waals surface area contributed by atoms with Crippen LogP contribution in [0.5, 0.6) is 0 Å². The topological polar surface area (TPSA) is 12.0 Å². The van der Waals surface area contributed by atoms with Crippen LogP contribution in [0.4, 0.5) is 0 Å². The number of thiophene rings is 1. The summed E-state index contributed by atoms with van der Waals surface area (Å²) in [6.45, 7) is 5.59. The van der Waals surface area contributed by atoms with Crippen molar-refractivity contribution < 1.29 is 0 Å². The quantitative estimate of drug-likeness (QED) is 0.838. The van der Waals surface area contributed by atoms with Gasteiger partial charge in [-0.1, -0.05) is 13.3 Å². The minimum Gasteiger partial charge on any atom is -0.310 e. The monoisotopic (exact) mass is 235 g/mol. The predicted octanol–water partition coefficient (Wildman–Crippen LogP) is 3.75. The molecule has 2 fully saturated rings. The lowest BCUT2D eigenvalue weighted by molar-refractivity contribution is 0.425. The van der Waals surface area contributed by atoms with Gasteiger partial charge in [-0.25, -0.2) is 0 Å². The van der Waals surface area contributed by atoms with Gasteiger partial charge in [-0.15, -0.1) is 11.3 Å². The van der Waals surface area contributed by atoms with Crippen LogP contribution in [0.1, 0.15) is 42.7 Å². The third kappa shape index (κ3) is 1.63. The van der Waals surface area contributed by atoms with Crippen molar-refractivity contribution in [3.05, 3.63) is 21.9 Å². The van der Waals surface area contributed by atoms with E-state index < -0.39 is 0 Å². The highest BCUT2D eigenvalue weighted by Gasteiger charge is 2.56. The molecule has 2 saturated carbocycles. The zero-order chi connectivity index (χ0) is 11.1. The lowest BCUT2D eigenvalue weighted by atomic mass is 9.97. The summed E-state index contributed by atoms with van der Waals surface area (Å²) in [5.41, 5.74) is 1.58. The van der Waals surface area contributed by atoms with E-state index in [0.717, 1.165) is 24.3 Å².